The molecule has 4 aromatic rings. The van der Waals surface area contributed by atoms with Crippen LogP contribution in [0.4, 0.5) is 0 Å². The average Bonchev–Trinajstić information content (AvgIpc) is 3.33. The van der Waals surface area contributed by atoms with Gasteiger partial charge in [-0.2, -0.15) is 0 Å². The largest absolute Gasteiger partial charge is 1.00 e. The summed E-state index contributed by atoms with van der Waals surface area (Å²) in [6.45, 7) is 4.27. The van der Waals surface area contributed by atoms with E-state index in [0.29, 0.717) is 5.92 Å². The van der Waals surface area contributed by atoms with Crippen LogP contribution in [-0.4, -0.2) is 0 Å². The summed E-state index contributed by atoms with van der Waals surface area (Å²) in [5.41, 5.74) is 6.65. The van der Waals surface area contributed by atoms with E-state index < -0.39 is 0 Å². The van der Waals surface area contributed by atoms with Crippen molar-refractivity contribution in [2.24, 2.45) is 0 Å². The van der Waals surface area contributed by atoms with Gasteiger partial charge in [0.1, 0.15) is 0 Å². The topological polar surface area (TPSA) is 0 Å². The first-order chi connectivity index (χ1) is 13.7. The molecular weight excluding hydrogens is 586 g/mol. The van der Waals surface area contributed by atoms with Crippen molar-refractivity contribution < 1.29 is 50.7 Å². The van der Waals surface area contributed by atoms with Crippen LogP contribution in [0.5, 0.6) is 0 Å². The molecule has 1 unspecified atom stereocenters. The van der Waals surface area contributed by atoms with E-state index in [9.17, 15) is 0 Å². The molecule has 0 amide bonds. The average molecular weight is 609 g/mol. The van der Waals surface area contributed by atoms with Crippen molar-refractivity contribution in [3.8, 4) is 0 Å². The molecule has 1 aliphatic carbocycles. The zero-order valence-corrected chi connectivity index (χ0v) is 22.7. The Morgan fingerprint density at radius 1 is 0.839 bits per heavy atom. The molecule has 3 heteroatoms. The van der Waals surface area contributed by atoms with Crippen molar-refractivity contribution in [2.45, 2.75) is 19.8 Å². The minimum atomic E-state index is 0. The fraction of sp³-hybridized carbons (Fsp3) is 0.107. The van der Waals surface area contributed by atoms with Crippen molar-refractivity contribution in [2.75, 3.05) is 0 Å². The first-order valence-corrected chi connectivity index (χ1v) is 9.91. The van der Waals surface area contributed by atoms with Gasteiger partial charge in [-0.25, -0.2) is 0 Å². The van der Waals surface area contributed by atoms with Crippen molar-refractivity contribution in [3.05, 3.63) is 113 Å². The third-order valence-electron chi connectivity index (χ3n) is 5.64. The van der Waals surface area contributed by atoms with Crippen LogP contribution in [0.15, 0.2) is 96.6 Å². The second-order valence-corrected chi connectivity index (χ2v) is 7.87. The Balaban J connectivity index is 0.00000114. The number of allylic oxidation sites excluding steroid dienone is 5. The summed E-state index contributed by atoms with van der Waals surface area (Å²) < 4.78 is 0. The number of hydrogen-bond acceptors (Lipinski definition) is 0. The van der Waals surface area contributed by atoms with Crippen LogP contribution in [0.2, 0.25) is 0 Å². The standard InChI is InChI=1S/C28H23.2ClH.Hf/c1-19(2)17-20-13-15-21(16-14-20)23-9-5-10-25(23)27-12-6-11-26-24-8-4-3-7-22(24)18-28(26)27;;;/h3-18,25H,1-2H3;2*1H;/q-1;;;/p-2. The van der Waals surface area contributed by atoms with E-state index in [1.165, 1.54) is 49.4 Å². The smallest absolute Gasteiger partial charge is 0.00119 e. The molecule has 0 saturated heterocycles. The Morgan fingerprint density at radius 2 is 1.55 bits per heavy atom. The van der Waals surface area contributed by atoms with E-state index in [-0.39, 0.29) is 50.7 Å². The first-order valence-electron chi connectivity index (χ1n) is 9.91. The van der Waals surface area contributed by atoms with E-state index in [4.69, 9.17) is 0 Å². The zero-order valence-electron chi connectivity index (χ0n) is 17.6. The quantitative estimate of drug-likeness (QED) is 0.246. The zero-order chi connectivity index (χ0) is 19.1. The van der Waals surface area contributed by atoms with Crippen molar-refractivity contribution in [3.63, 3.8) is 0 Å². The van der Waals surface area contributed by atoms with Gasteiger partial charge in [0.2, 0.25) is 0 Å². The number of benzene rings is 3. The Labute approximate surface area is 215 Å². The molecule has 0 radical (unpaired) electrons. The van der Waals surface area contributed by atoms with Crippen LogP contribution in [0.1, 0.15) is 36.5 Å². The van der Waals surface area contributed by atoms with Crippen molar-refractivity contribution >= 4 is 33.2 Å². The molecule has 4 aromatic carbocycles. The summed E-state index contributed by atoms with van der Waals surface area (Å²) in [6, 6.07) is 26.7. The van der Waals surface area contributed by atoms with Crippen LogP contribution in [0.3, 0.4) is 0 Å². The second-order valence-electron chi connectivity index (χ2n) is 7.87. The number of rotatable bonds is 3. The van der Waals surface area contributed by atoms with Gasteiger partial charge in [-0.1, -0.05) is 96.1 Å². The molecule has 0 aliphatic heterocycles. The Kier molecular flexibility index (Phi) is 8.77. The Bertz CT molecular complexity index is 1270. The molecule has 0 bridgehead atoms. The van der Waals surface area contributed by atoms with E-state index in [0.717, 1.165) is 0 Å². The second kappa shape index (κ2) is 10.7. The summed E-state index contributed by atoms with van der Waals surface area (Å²) in [7, 11) is 0. The third kappa shape index (κ3) is 4.85. The summed E-state index contributed by atoms with van der Waals surface area (Å²) >= 11 is 0. The predicted octanol–water partition coefficient (Wildman–Crippen LogP) is 1.88. The predicted molar refractivity (Wildman–Crippen MR) is 123 cm³/mol. The van der Waals surface area contributed by atoms with Crippen LogP contribution in [0.25, 0.3) is 33.2 Å². The molecule has 1 aliphatic rings. The molecule has 0 heterocycles. The minimum Gasteiger partial charge on any atom is -1.00 e. The number of fused-ring (bicyclic) bond motifs is 3. The molecule has 0 fully saturated rings. The monoisotopic (exact) mass is 609 g/mol. The van der Waals surface area contributed by atoms with Crippen LogP contribution in [0, 0.1) is 0 Å². The van der Waals surface area contributed by atoms with E-state index in [2.05, 4.69) is 111 Å². The maximum atomic E-state index is 2.35. The van der Waals surface area contributed by atoms with Gasteiger partial charge in [-0.15, -0.1) is 33.7 Å². The van der Waals surface area contributed by atoms with Crippen LogP contribution in [-0.2, 0) is 25.8 Å². The van der Waals surface area contributed by atoms with Crippen LogP contribution < -0.4 is 24.8 Å². The van der Waals surface area contributed by atoms with Gasteiger partial charge in [0.25, 0.3) is 0 Å². The van der Waals surface area contributed by atoms with Gasteiger partial charge in [0, 0.05) is 31.8 Å². The molecule has 1 atom stereocenters. The van der Waals surface area contributed by atoms with Gasteiger partial charge in [-0.3, -0.25) is 0 Å². The van der Waals surface area contributed by atoms with E-state index in [1.807, 2.05) is 0 Å². The van der Waals surface area contributed by atoms with E-state index >= 15 is 0 Å². The van der Waals surface area contributed by atoms with Gasteiger partial charge in [0.15, 0.2) is 0 Å². The third-order valence-corrected chi connectivity index (χ3v) is 5.64. The molecule has 0 saturated carbocycles. The molecule has 156 valence electrons. The van der Waals surface area contributed by atoms with Gasteiger partial charge in [0.05, 0.1) is 0 Å². The minimum absolute atomic E-state index is 0. The first kappa shape index (κ1) is 25.5. The molecule has 0 nitrogen and oxygen atoms in total. The summed E-state index contributed by atoms with van der Waals surface area (Å²) in [5, 5.41) is 5.39. The van der Waals surface area contributed by atoms with E-state index in [1.54, 1.807) is 0 Å². The molecular formula is C28H23Cl2Hf-3. The maximum absolute atomic E-state index is 2.35. The molecule has 0 aromatic heterocycles. The molecule has 31 heavy (non-hydrogen) atoms. The normalized spacial score (nSPS) is 14.4. The summed E-state index contributed by atoms with van der Waals surface area (Å²) in [5.74, 6) is 0.301. The molecule has 0 spiro atoms. The van der Waals surface area contributed by atoms with Gasteiger partial charge < -0.3 is 24.8 Å². The van der Waals surface area contributed by atoms with Crippen molar-refractivity contribution in [1.82, 2.24) is 0 Å². The molecule has 5 rings (SSSR count). The SMILES string of the molecule is CC(C)=Cc1ccc(C2=CC=CC2c2cccc3c2[cH-]c2ccccc23)cc1.[Cl-].[Cl-].[Hf]. The summed E-state index contributed by atoms with van der Waals surface area (Å²) in [6.07, 6.45) is 9.01. The fourth-order valence-electron chi connectivity index (χ4n) is 4.40. The number of hydrogen-bond donors (Lipinski definition) is 0. The van der Waals surface area contributed by atoms with Gasteiger partial charge in [-0.05, 0) is 30.5 Å². The molecule has 0 N–H and O–H groups in total. The van der Waals surface area contributed by atoms with Crippen LogP contribution >= 0.6 is 0 Å². The van der Waals surface area contributed by atoms with Gasteiger partial charge >= 0.3 is 0 Å². The maximum Gasteiger partial charge on any atom is 0.00119 e. The Hall–Kier alpha value is -1.80. The fourth-order valence-corrected chi connectivity index (χ4v) is 4.40. The summed E-state index contributed by atoms with van der Waals surface area (Å²) in [4.78, 5) is 0. The number of halogens is 2. The van der Waals surface area contributed by atoms with Crippen molar-refractivity contribution in [1.29, 1.82) is 0 Å². The Morgan fingerprint density at radius 3 is 2.29 bits per heavy atom.